The summed E-state index contributed by atoms with van der Waals surface area (Å²) in [5, 5.41) is 0.962. The minimum Gasteiger partial charge on any atom is -0.271 e. The molecular formula is C5H12N2O2S. The normalized spacial score (nSPS) is 11.3. The van der Waals surface area contributed by atoms with Crippen molar-refractivity contribution in [3.63, 3.8) is 0 Å². The van der Waals surface area contributed by atoms with Crippen LogP contribution in [-0.4, -0.2) is 20.7 Å². The lowest BCUT2D eigenvalue weighted by Gasteiger charge is -1.96. The number of sulfone groups is 1. The number of nitrogens with two attached hydrogens (primary N) is 1. The molecule has 0 unspecified atom stereocenters. The van der Waals surface area contributed by atoms with Crippen molar-refractivity contribution in [2.24, 2.45) is 5.84 Å². The fourth-order valence-electron chi connectivity index (χ4n) is 0.459. The van der Waals surface area contributed by atoms with E-state index in [0.29, 0.717) is 13.0 Å². The number of rotatable bonds is 5. The quantitative estimate of drug-likeness (QED) is 0.323. The second-order valence-electron chi connectivity index (χ2n) is 1.84. The van der Waals surface area contributed by atoms with Crippen molar-refractivity contribution in [3.8, 4) is 0 Å². The van der Waals surface area contributed by atoms with Gasteiger partial charge in [-0.2, -0.15) is 0 Å². The first-order valence-corrected chi connectivity index (χ1v) is 4.62. The predicted octanol–water partition coefficient (Wildman–Crippen LogP) is -0.602. The molecule has 0 radical (unpaired) electrons. The van der Waals surface area contributed by atoms with E-state index < -0.39 is 9.84 Å². The van der Waals surface area contributed by atoms with Gasteiger partial charge in [-0.1, -0.05) is 6.58 Å². The first-order valence-electron chi connectivity index (χ1n) is 2.91. The fourth-order valence-corrected chi connectivity index (χ4v) is 1.17. The summed E-state index contributed by atoms with van der Waals surface area (Å²) in [5.74, 6) is 5.04. The van der Waals surface area contributed by atoms with Crippen molar-refractivity contribution >= 4 is 9.84 Å². The first kappa shape index (κ1) is 9.61. The lowest BCUT2D eigenvalue weighted by atomic mass is 10.5. The molecule has 0 saturated carbocycles. The van der Waals surface area contributed by atoms with E-state index in [1.165, 1.54) is 0 Å². The summed E-state index contributed by atoms with van der Waals surface area (Å²) >= 11 is 0. The van der Waals surface area contributed by atoms with Crippen LogP contribution in [0.3, 0.4) is 0 Å². The molecule has 0 aromatic carbocycles. The van der Waals surface area contributed by atoms with Gasteiger partial charge in [0.05, 0.1) is 5.75 Å². The number of hydrogen-bond donors (Lipinski definition) is 2. The van der Waals surface area contributed by atoms with Gasteiger partial charge in [-0.25, -0.2) is 8.42 Å². The molecule has 10 heavy (non-hydrogen) atoms. The van der Waals surface area contributed by atoms with Crippen LogP contribution in [0.15, 0.2) is 12.0 Å². The number of hydrogen-bond acceptors (Lipinski definition) is 4. The largest absolute Gasteiger partial charge is 0.271 e. The molecule has 0 aliphatic heterocycles. The molecule has 60 valence electrons. The maximum Gasteiger partial charge on any atom is 0.171 e. The average molecular weight is 164 g/mol. The van der Waals surface area contributed by atoms with E-state index in [-0.39, 0.29) is 5.75 Å². The Morgan fingerprint density at radius 2 is 2.20 bits per heavy atom. The lowest BCUT2D eigenvalue weighted by Crippen LogP contribution is -2.24. The van der Waals surface area contributed by atoms with E-state index in [1.807, 2.05) is 0 Å². The molecule has 0 amide bonds. The predicted molar refractivity (Wildman–Crippen MR) is 40.8 cm³/mol. The maximum absolute atomic E-state index is 10.7. The van der Waals surface area contributed by atoms with Crippen LogP contribution in [-0.2, 0) is 9.84 Å². The molecular weight excluding hydrogens is 152 g/mol. The average Bonchev–Trinajstić information content (AvgIpc) is 1.89. The van der Waals surface area contributed by atoms with Gasteiger partial charge in [-0.3, -0.25) is 11.3 Å². The second kappa shape index (κ2) is 4.43. The summed E-state index contributed by atoms with van der Waals surface area (Å²) in [6.45, 7) is 3.68. The van der Waals surface area contributed by atoms with Crippen molar-refractivity contribution in [2.75, 3.05) is 12.3 Å². The molecule has 0 aliphatic carbocycles. The third-order valence-electron chi connectivity index (χ3n) is 1.00. The smallest absolute Gasteiger partial charge is 0.171 e. The Hall–Kier alpha value is -0.390. The van der Waals surface area contributed by atoms with E-state index in [2.05, 4.69) is 12.0 Å². The van der Waals surface area contributed by atoms with Gasteiger partial charge in [0.25, 0.3) is 0 Å². The summed E-state index contributed by atoms with van der Waals surface area (Å²) in [7, 11) is -3.02. The monoisotopic (exact) mass is 164 g/mol. The zero-order chi connectivity index (χ0) is 8.04. The Morgan fingerprint density at radius 3 is 2.60 bits per heavy atom. The topological polar surface area (TPSA) is 72.2 Å². The van der Waals surface area contributed by atoms with Crippen molar-refractivity contribution < 1.29 is 8.42 Å². The van der Waals surface area contributed by atoms with Crippen molar-refractivity contribution in [1.82, 2.24) is 5.43 Å². The van der Waals surface area contributed by atoms with E-state index in [1.54, 1.807) is 0 Å². The highest BCUT2D eigenvalue weighted by atomic mass is 32.2. The molecule has 0 saturated heterocycles. The van der Waals surface area contributed by atoms with Crippen LogP contribution >= 0.6 is 0 Å². The van der Waals surface area contributed by atoms with Gasteiger partial charge in [-0.05, 0) is 6.42 Å². The van der Waals surface area contributed by atoms with Gasteiger partial charge in [0.15, 0.2) is 9.84 Å². The van der Waals surface area contributed by atoms with Gasteiger partial charge in [0, 0.05) is 12.0 Å². The molecule has 0 fully saturated rings. The van der Waals surface area contributed by atoms with Crippen LogP contribution in [0, 0.1) is 0 Å². The third-order valence-corrected chi connectivity index (χ3v) is 2.37. The Kier molecular flexibility index (Phi) is 4.26. The highest BCUT2D eigenvalue weighted by Gasteiger charge is 2.02. The molecule has 0 aromatic rings. The van der Waals surface area contributed by atoms with Gasteiger partial charge >= 0.3 is 0 Å². The van der Waals surface area contributed by atoms with E-state index in [0.717, 1.165) is 5.41 Å². The summed E-state index contributed by atoms with van der Waals surface area (Å²) in [5.41, 5.74) is 2.37. The van der Waals surface area contributed by atoms with Gasteiger partial charge in [-0.15, -0.1) is 0 Å². The van der Waals surface area contributed by atoms with Crippen LogP contribution in [0.25, 0.3) is 0 Å². The van der Waals surface area contributed by atoms with Crippen molar-refractivity contribution in [1.29, 1.82) is 0 Å². The molecule has 5 heteroatoms. The van der Waals surface area contributed by atoms with Crippen LogP contribution in [0.5, 0.6) is 0 Å². The molecule has 0 atom stereocenters. The fraction of sp³-hybridized carbons (Fsp3) is 0.600. The molecule has 0 spiro atoms. The van der Waals surface area contributed by atoms with Gasteiger partial charge < -0.3 is 0 Å². The standard InChI is InChI=1S/C5H12N2O2S/c1-2-10(8,9)5-3-4-7-6/h2,7H,1,3-6H2. The Balaban J connectivity index is 3.59. The summed E-state index contributed by atoms with van der Waals surface area (Å²) in [6, 6.07) is 0. The molecule has 0 bridgehead atoms. The first-order chi connectivity index (χ1) is 4.62. The minimum atomic E-state index is -3.02. The maximum atomic E-state index is 10.7. The molecule has 4 nitrogen and oxygen atoms in total. The van der Waals surface area contributed by atoms with Crippen LogP contribution in [0.2, 0.25) is 0 Å². The van der Waals surface area contributed by atoms with Crippen LogP contribution < -0.4 is 11.3 Å². The SMILES string of the molecule is C=CS(=O)(=O)CCCNN. The molecule has 0 heterocycles. The summed E-state index contributed by atoms with van der Waals surface area (Å²) in [4.78, 5) is 0. The molecule has 3 N–H and O–H groups in total. The second-order valence-corrected chi connectivity index (χ2v) is 3.91. The Bertz CT molecular complexity index is 186. The highest BCUT2D eigenvalue weighted by Crippen LogP contribution is 1.92. The zero-order valence-electron chi connectivity index (χ0n) is 5.71. The van der Waals surface area contributed by atoms with E-state index in [4.69, 9.17) is 5.84 Å². The van der Waals surface area contributed by atoms with Crippen LogP contribution in [0.1, 0.15) is 6.42 Å². The summed E-state index contributed by atoms with van der Waals surface area (Å²) < 4.78 is 21.4. The molecule has 0 aromatic heterocycles. The van der Waals surface area contributed by atoms with Gasteiger partial charge in [0.1, 0.15) is 0 Å². The zero-order valence-corrected chi connectivity index (χ0v) is 6.52. The van der Waals surface area contributed by atoms with E-state index >= 15 is 0 Å². The Morgan fingerprint density at radius 1 is 1.60 bits per heavy atom. The van der Waals surface area contributed by atoms with Crippen molar-refractivity contribution in [2.45, 2.75) is 6.42 Å². The Labute approximate surface area is 61.0 Å². The third kappa shape index (κ3) is 4.49. The molecule has 0 aliphatic rings. The van der Waals surface area contributed by atoms with Gasteiger partial charge in [0.2, 0.25) is 0 Å². The van der Waals surface area contributed by atoms with Crippen LogP contribution in [0.4, 0.5) is 0 Å². The lowest BCUT2D eigenvalue weighted by molar-refractivity contribution is 0.599. The number of hydrazine groups is 1. The minimum absolute atomic E-state index is 0.112. The van der Waals surface area contributed by atoms with Crippen molar-refractivity contribution in [3.05, 3.63) is 12.0 Å². The number of nitrogens with one attached hydrogen (secondary N) is 1. The van der Waals surface area contributed by atoms with E-state index in [9.17, 15) is 8.42 Å². The summed E-state index contributed by atoms with van der Waals surface area (Å²) in [6.07, 6.45) is 0.519. The molecule has 0 rings (SSSR count). The highest BCUT2D eigenvalue weighted by molar-refractivity contribution is 7.94.